The molecule has 0 aliphatic rings. The number of para-hydroxylation sites is 2. The third-order valence-corrected chi connectivity index (χ3v) is 15.5. The largest absolute Gasteiger partial charge is 0.309 e. The molecule has 5 heteroatoms. The van der Waals surface area contributed by atoms with Crippen molar-refractivity contribution in [1.82, 2.24) is 19.5 Å². The molecule has 0 spiro atoms. The number of nitrogens with zero attached hydrogens (tertiary/aromatic N) is 4. The van der Waals surface area contributed by atoms with Gasteiger partial charge in [0.2, 0.25) is 0 Å². The highest BCUT2D eigenvalue weighted by Gasteiger charge is 2.33. The summed E-state index contributed by atoms with van der Waals surface area (Å²) in [5, 5.41) is 2.39. The van der Waals surface area contributed by atoms with Gasteiger partial charge in [0.25, 0.3) is 0 Å². The maximum Gasteiger partial charge on any atom is 0.166 e. The molecule has 2 heterocycles. The van der Waals surface area contributed by atoms with E-state index >= 15 is 0 Å². The summed E-state index contributed by atoms with van der Waals surface area (Å²) in [5.41, 5.74) is 8.16. The summed E-state index contributed by atoms with van der Waals surface area (Å²) in [4.78, 5) is 20.8. The molecule has 0 fully saturated rings. The lowest BCUT2D eigenvalue weighted by atomic mass is 10.0. The molecule has 0 radical (unpaired) electrons. The normalized spacial score (nSPS) is 11.8. The predicted octanol–water partition coefficient (Wildman–Crippen LogP) is 15.0. The molecule has 62 heavy (non-hydrogen) atoms. The van der Waals surface area contributed by atoms with Crippen LogP contribution in [0, 0.1) is 0 Å². The van der Waals surface area contributed by atoms with Crippen LogP contribution in [0.15, 0.2) is 262 Å². The average molecular weight is 813 g/mol. The van der Waals surface area contributed by atoms with E-state index in [-0.39, 0.29) is 0 Å². The van der Waals surface area contributed by atoms with Crippen LogP contribution in [0.25, 0.3) is 72.8 Å². The Morgan fingerprint density at radius 2 is 0.677 bits per heavy atom. The van der Waals surface area contributed by atoms with Crippen LogP contribution in [0.4, 0.5) is 0 Å². The van der Waals surface area contributed by atoms with Gasteiger partial charge in [0, 0.05) is 47.0 Å². The fourth-order valence-electron chi connectivity index (χ4n) is 8.76. The Labute approximate surface area is 362 Å². The minimum absolute atomic E-state index is 0.602. The first-order valence-electron chi connectivity index (χ1n) is 20.8. The Morgan fingerprint density at radius 3 is 1.18 bits per heavy atom. The second-order valence-electron chi connectivity index (χ2n) is 15.2. The summed E-state index contributed by atoms with van der Waals surface area (Å²) in [6.07, 6.45) is 0. The van der Waals surface area contributed by atoms with Gasteiger partial charge in [0.15, 0.2) is 17.5 Å². The predicted molar refractivity (Wildman–Crippen MR) is 256 cm³/mol. The molecule has 0 amide bonds. The standard InChI is InChI=1S/C57H40N4S/c1-6-21-41(22-7-1)55-58-56(42-23-8-2-9-24-42)60-57(59-55)51-40-44(37-38-54(51)61-52-35-18-16-33-49(52)50-34-17-19-36-53(50)61)43-25-20-32-48(39-43)62(45-26-10-3-11-27-45,46-28-12-4-13-29-46)47-30-14-5-15-31-47/h1-40H. The van der Waals surface area contributed by atoms with Crippen LogP contribution < -0.4 is 0 Å². The van der Waals surface area contributed by atoms with E-state index < -0.39 is 10.0 Å². The third-order valence-electron chi connectivity index (χ3n) is 11.6. The Bertz CT molecular complexity index is 3130. The van der Waals surface area contributed by atoms with Crippen molar-refractivity contribution in [1.29, 1.82) is 0 Å². The summed E-state index contributed by atoms with van der Waals surface area (Å²) in [7, 11) is -1.91. The molecule has 4 nitrogen and oxygen atoms in total. The van der Waals surface area contributed by atoms with Gasteiger partial charge >= 0.3 is 0 Å². The molecule has 0 aliphatic heterocycles. The molecule has 0 N–H and O–H groups in total. The average Bonchev–Trinajstić information content (AvgIpc) is 3.70. The summed E-state index contributed by atoms with van der Waals surface area (Å²) in [5.74, 6) is 1.85. The van der Waals surface area contributed by atoms with Gasteiger partial charge in [0.1, 0.15) is 0 Å². The number of fused-ring (bicyclic) bond motifs is 3. The molecule has 0 bridgehead atoms. The van der Waals surface area contributed by atoms with Gasteiger partial charge in [-0.1, -0.05) is 170 Å². The van der Waals surface area contributed by atoms with Crippen molar-refractivity contribution < 1.29 is 0 Å². The van der Waals surface area contributed by atoms with Crippen LogP contribution in [0.2, 0.25) is 0 Å². The van der Waals surface area contributed by atoms with Gasteiger partial charge in [-0.25, -0.2) is 15.0 Å². The Morgan fingerprint density at radius 1 is 0.290 bits per heavy atom. The van der Waals surface area contributed by atoms with E-state index in [0.29, 0.717) is 17.5 Å². The third kappa shape index (κ3) is 6.47. The van der Waals surface area contributed by atoms with Crippen molar-refractivity contribution in [2.45, 2.75) is 19.6 Å². The molecule has 11 rings (SSSR count). The van der Waals surface area contributed by atoms with Crippen LogP contribution in [0.5, 0.6) is 0 Å². The van der Waals surface area contributed by atoms with E-state index in [2.05, 4.69) is 211 Å². The Hall–Kier alpha value is -7.86. The second-order valence-corrected chi connectivity index (χ2v) is 18.3. The molecule has 294 valence electrons. The maximum absolute atomic E-state index is 5.31. The van der Waals surface area contributed by atoms with Crippen molar-refractivity contribution in [3.63, 3.8) is 0 Å². The number of benzene rings is 9. The summed E-state index contributed by atoms with van der Waals surface area (Å²) in [6.45, 7) is 0. The molecule has 0 saturated carbocycles. The molecule has 0 aliphatic carbocycles. The van der Waals surface area contributed by atoms with Gasteiger partial charge in [-0.3, -0.25) is 0 Å². The second kappa shape index (κ2) is 16.0. The van der Waals surface area contributed by atoms with E-state index in [0.717, 1.165) is 44.5 Å². The van der Waals surface area contributed by atoms with Gasteiger partial charge in [0.05, 0.1) is 16.7 Å². The minimum atomic E-state index is -1.91. The molecule has 2 aromatic heterocycles. The summed E-state index contributed by atoms with van der Waals surface area (Å²) < 4.78 is 2.36. The quantitative estimate of drug-likeness (QED) is 0.146. The van der Waals surface area contributed by atoms with Crippen molar-refractivity contribution >= 4 is 31.8 Å². The van der Waals surface area contributed by atoms with E-state index in [1.54, 1.807) is 0 Å². The van der Waals surface area contributed by atoms with E-state index in [4.69, 9.17) is 15.0 Å². The summed E-state index contributed by atoms with van der Waals surface area (Å²) in [6, 6.07) is 86.6. The molecular formula is C57H40N4S. The molecule has 9 aromatic carbocycles. The highest BCUT2D eigenvalue weighted by molar-refractivity contribution is 8.34. The fourth-order valence-corrected chi connectivity index (χ4v) is 12.7. The molecule has 0 saturated heterocycles. The number of hydrogen-bond donors (Lipinski definition) is 0. The van der Waals surface area contributed by atoms with Gasteiger partial charge in [-0.15, -0.1) is 10.0 Å². The fraction of sp³-hybridized carbons (Fsp3) is 0. The first-order chi connectivity index (χ1) is 30.8. The summed E-state index contributed by atoms with van der Waals surface area (Å²) >= 11 is 0. The van der Waals surface area contributed by atoms with Crippen molar-refractivity contribution in [2.75, 3.05) is 0 Å². The lowest BCUT2D eigenvalue weighted by molar-refractivity contribution is 1.06. The Balaban J connectivity index is 1.19. The molecule has 0 atom stereocenters. The van der Waals surface area contributed by atoms with Crippen molar-refractivity contribution in [2.24, 2.45) is 0 Å². The van der Waals surface area contributed by atoms with Crippen LogP contribution in [0.1, 0.15) is 0 Å². The van der Waals surface area contributed by atoms with Gasteiger partial charge < -0.3 is 4.57 Å². The van der Waals surface area contributed by atoms with Crippen molar-refractivity contribution in [3.8, 4) is 51.0 Å². The number of aromatic nitrogens is 4. The lowest BCUT2D eigenvalue weighted by Crippen LogP contribution is -2.05. The van der Waals surface area contributed by atoms with Crippen LogP contribution >= 0.6 is 10.0 Å². The zero-order chi connectivity index (χ0) is 41.3. The van der Waals surface area contributed by atoms with E-state index in [1.165, 1.54) is 30.4 Å². The smallest absolute Gasteiger partial charge is 0.166 e. The zero-order valence-corrected chi connectivity index (χ0v) is 34.6. The van der Waals surface area contributed by atoms with Crippen LogP contribution in [0.3, 0.4) is 0 Å². The van der Waals surface area contributed by atoms with Crippen LogP contribution in [-0.2, 0) is 0 Å². The molecule has 0 unspecified atom stereocenters. The highest BCUT2D eigenvalue weighted by atomic mass is 32.3. The zero-order valence-electron chi connectivity index (χ0n) is 33.8. The van der Waals surface area contributed by atoms with Gasteiger partial charge in [-0.2, -0.15) is 0 Å². The topological polar surface area (TPSA) is 43.6 Å². The Kier molecular flexibility index (Phi) is 9.57. The van der Waals surface area contributed by atoms with E-state index in [9.17, 15) is 0 Å². The number of hydrogen-bond acceptors (Lipinski definition) is 3. The SMILES string of the molecule is c1ccc(-c2nc(-c3ccccc3)nc(-c3cc(-c4cccc(S(c5ccccc5)(c5ccccc5)c5ccccc5)c4)ccc3-n3c4ccccc4c4ccccc43)n2)cc1. The van der Waals surface area contributed by atoms with Crippen LogP contribution in [-0.4, -0.2) is 19.5 Å². The lowest BCUT2D eigenvalue weighted by Gasteiger charge is -2.42. The molecular weight excluding hydrogens is 773 g/mol. The van der Waals surface area contributed by atoms with E-state index in [1.807, 2.05) is 36.4 Å². The maximum atomic E-state index is 5.31. The highest BCUT2D eigenvalue weighted by Crippen LogP contribution is 2.73. The first kappa shape index (κ1) is 37.2. The first-order valence-corrected chi connectivity index (χ1v) is 22.5. The van der Waals surface area contributed by atoms with Crippen molar-refractivity contribution in [3.05, 3.63) is 243 Å². The minimum Gasteiger partial charge on any atom is -0.309 e. The molecule has 11 aromatic rings. The number of rotatable bonds is 9. The van der Waals surface area contributed by atoms with Gasteiger partial charge in [-0.05, 0) is 83.9 Å². The monoisotopic (exact) mass is 812 g/mol.